The number of hydrogen-bond acceptors (Lipinski definition) is 5. The standard InChI is InChI=1S/C26H21BrFNO4S/c1-2-32-23-13-19(7-12-22(23)33-16-18-5-10-21(28)11-6-18)14-24-25(30)29(26(31)34-24)15-17-3-8-20(27)9-4-17/h3-14H,2,15-16H2,1H3/b24-14-. The van der Waals surface area contributed by atoms with Crippen LogP contribution in [0.4, 0.5) is 9.18 Å². The third kappa shape index (κ3) is 5.87. The SMILES string of the molecule is CCOc1cc(/C=C2\SC(=O)N(Cc3ccc(Br)cc3)C2=O)ccc1OCc1ccc(F)cc1. The van der Waals surface area contributed by atoms with Crippen LogP contribution in [0.1, 0.15) is 23.6 Å². The highest BCUT2D eigenvalue weighted by molar-refractivity contribution is 9.10. The highest BCUT2D eigenvalue weighted by Gasteiger charge is 2.35. The van der Waals surface area contributed by atoms with E-state index in [1.807, 2.05) is 31.2 Å². The van der Waals surface area contributed by atoms with Gasteiger partial charge in [-0.2, -0.15) is 0 Å². The Labute approximate surface area is 209 Å². The molecule has 0 N–H and O–H groups in total. The number of ether oxygens (including phenoxy) is 2. The Morgan fingerprint density at radius 1 is 0.941 bits per heavy atom. The van der Waals surface area contributed by atoms with Gasteiger partial charge in [0.1, 0.15) is 12.4 Å². The Morgan fingerprint density at radius 3 is 2.35 bits per heavy atom. The number of benzene rings is 3. The van der Waals surface area contributed by atoms with E-state index >= 15 is 0 Å². The van der Waals surface area contributed by atoms with Crippen LogP contribution in [0.25, 0.3) is 6.08 Å². The van der Waals surface area contributed by atoms with Crippen molar-refractivity contribution >= 4 is 44.9 Å². The van der Waals surface area contributed by atoms with Crippen molar-refractivity contribution in [1.82, 2.24) is 4.90 Å². The van der Waals surface area contributed by atoms with Gasteiger partial charge in [-0.25, -0.2) is 4.39 Å². The molecule has 4 rings (SSSR count). The minimum absolute atomic E-state index is 0.218. The molecule has 0 bridgehead atoms. The van der Waals surface area contributed by atoms with Gasteiger partial charge in [0.25, 0.3) is 11.1 Å². The van der Waals surface area contributed by atoms with Gasteiger partial charge in [-0.1, -0.05) is 46.3 Å². The molecule has 0 atom stereocenters. The van der Waals surface area contributed by atoms with Gasteiger partial charge < -0.3 is 9.47 Å². The number of carbonyl (C=O) groups is 2. The second kappa shape index (κ2) is 10.9. The van der Waals surface area contributed by atoms with E-state index < -0.39 is 0 Å². The third-order valence-corrected chi connectivity index (χ3v) is 6.44. The van der Waals surface area contributed by atoms with Crippen molar-refractivity contribution in [3.8, 4) is 11.5 Å². The molecule has 0 spiro atoms. The summed E-state index contributed by atoms with van der Waals surface area (Å²) in [6, 6.07) is 18.9. The summed E-state index contributed by atoms with van der Waals surface area (Å²) in [4.78, 5) is 26.9. The molecular weight excluding hydrogens is 521 g/mol. The molecule has 3 aromatic carbocycles. The molecule has 1 saturated heterocycles. The average Bonchev–Trinajstić information content (AvgIpc) is 3.08. The summed E-state index contributed by atoms with van der Waals surface area (Å²) in [5.41, 5.74) is 2.41. The lowest BCUT2D eigenvalue weighted by atomic mass is 10.1. The highest BCUT2D eigenvalue weighted by atomic mass is 79.9. The van der Waals surface area contributed by atoms with Crippen LogP contribution in [0.5, 0.6) is 11.5 Å². The summed E-state index contributed by atoms with van der Waals surface area (Å²) in [5.74, 6) is 0.427. The summed E-state index contributed by atoms with van der Waals surface area (Å²) in [5, 5.41) is -0.302. The van der Waals surface area contributed by atoms with Crippen LogP contribution >= 0.6 is 27.7 Å². The van der Waals surface area contributed by atoms with E-state index in [4.69, 9.17) is 9.47 Å². The summed E-state index contributed by atoms with van der Waals surface area (Å²) >= 11 is 4.30. The Hall–Kier alpha value is -3.10. The number of imide groups is 1. The number of halogens is 2. The monoisotopic (exact) mass is 541 g/mol. The van der Waals surface area contributed by atoms with E-state index in [1.54, 1.807) is 36.4 Å². The molecule has 174 valence electrons. The molecule has 3 aromatic rings. The number of thioether (sulfide) groups is 1. The first kappa shape index (κ1) is 24.0. The normalized spacial score (nSPS) is 14.7. The van der Waals surface area contributed by atoms with Crippen molar-refractivity contribution in [2.75, 3.05) is 6.61 Å². The summed E-state index contributed by atoms with van der Waals surface area (Å²) in [7, 11) is 0. The number of hydrogen-bond donors (Lipinski definition) is 0. The third-order valence-electron chi connectivity index (χ3n) is 5.00. The van der Waals surface area contributed by atoms with E-state index in [2.05, 4.69) is 15.9 Å². The lowest BCUT2D eigenvalue weighted by molar-refractivity contribution is -0.123. The van der Waals surface area contributed by atoms with Crippen LogP contribution in [0.2, 0.25) is 0 Å². The maximum Gasteiger partial charge on any atom is 0.293 e. The summed E-state index contributed by atoms with van der Waals surface area (Å²) < 4.78 is 25.6. The largest absolute Gasteiger partial charge is 0.490 e. The average molecular weight is 542 g/mol. The van der Waals surface area contributed by atoms with E-state index in [-0.39, 0.29) is 30.1 Å². The minimum Gasteiger partial charge on any atom is -0.490 e. The van der Waals surface area contributed by atoms with E-state index in [0.29, 0.717) is 28.6 Å². The number of amides is 2. The topological polar surface area (TPSA) is 55.8 Å². The molecule has 0 aromatic heterocycles. The quantitative estimate of drug-likeness (QED) is 0.293. The summed E-state index contributed by atoms with van der Waals surface area (Å²) in [6.45, 7) is 2.77. The van der Waals surface area contributed by atoms with E-state index in [1.165, 1.54) is 17.0 Å². The lowest BCUT2D eigenvalue weighted by Crippen LogP contribution is -2.27. The van der Waals surface area contributed by atoms with Crippen LogP contribution in [0.15, 0.2) is 76.1 Å². The second-order valence-electron chi connectivity index (χ2n) is 7.45. The Balaban J connectivity index is 1.49. The van der Waals surface area contributed by atoms with E-state index in [0.717, 1.165) is 27.4 Å². The van der Waals surface area contributed by atoms with Crippen molar-refractivity contribution in [2.24, 2.45) is 0 Å². The van der Waals surface area contributed by atoms with Crippen molar-refractivity contribution in [3.63, 3.8) is 0 Å². The molecule has 8 heteroatoms. The molecule has 0 aliphatic carbocycles. The number of nitrogens with zero attached hydrogens (tertiary/aromatic N) is 1. The second-order valence-corrected chi connectivity index (χ2v) is 9.36. The zero-order chi connectivity index (χ0) is 24.1. The van der Waals surface area contributed by atoms with Crippen LogP contribution in [0, 0.1) is 5.82 Å². The van der Waals surface area contributed by atoms with Crippen LogP contribution in [-0.4, -0.2) is 22.7 Å². The molecule has 5 nitrogen and oxygen atoms in total. The number of rotatable bonds is 8. The Bertz CT molecular complexity index is 1230. The molecule has 1 aliphatic rings. The lowest BCUT2D eigenvalue weighted by Gasteiger charge is -2.13. The van der Waals surface area contributed by atoms with Crippen molar-refractivity contribution < 1.29 is 23.5 Å². The first-order valence-electron chi connectivity index (χ1n) is 10.6. The molecule has 34 heavy (non-hydrogen) atoms. The fourth-order valence-electron chi connectivity index (χ4n) is 3.30. The van der Waals surface area contributed by atoms with Gasteiger partial charge in [0.2, 0.25) is 0 Å². The molecule has 1 heterocycles. The fourth-order valence-corrected chi connectivity index (χ4v) is 4.41. The maximum absolute atomic E-state index is 13.1. The fraction of sp³-hybridized carbons (Fsp3) is 0.154. The van der Waals surface area contributed by atoms with Crippen molar-refractivity contribution in [2.45, 2.75) is 20.1 Å². The Kier molecular flexibility index (Phi) is 7.70. The zero-order valence-corrected chi connectivity index (χ0v) is 20.7. The highest BCUT2D eigenvalue weighted by Crippen LogP contribution is 2.35. The minimum atomic E-state index is -0.326. The van der Waals surface area contributed by atoms with E-state index in [9.17, 15) is 14.0 Å². The first-order chi connectivity index (χ1) is 16.4. The molecule has 1 aliphatic heterocycles. The summed E-state index contributed by atoms with van der Waals surface area (Å²) in [6.07, 6.45) is 1.68. The van der Waals surface area contributed by atoms with Gasteiger partial charge in [0.15, 0.2) is 11.5 Å². The first-order valence-corrected chi connectivity index (χ1v) is 12.2. The predicted molar refractivity (Wildman–Crippen MR) is 134 cm³/mol. The van der Waals surface area contributed by atoms with Crippen molar-refractivity contribution in [1.29, 1.82) is 0 Å². The van der Waals surface area contributed by atoms with Gasteiger partial charge in [0, 0.05) is 4.47 Å². The van der Waals surface area contributed by atoms with Gasteiger partial charge in [-0.3, -0.25) is 14.5 Å². The van der Waals surface area contributed by atoms with Gasteiger partial charge in [-0.15, -0.1) is 0 Å². The number of carbonyl (C=O) groups excluding carboxylic acids is 2. The van der Waals surface area contributed by atoms with Crippen LogP contribution < -0.4 is 9.47 Å². The predicted octanol–water partition coefficient (Wildman–Crippen LogP) is 6.80. The van der Waals surface area contributed by atoms with Gasteiger partial charge in [0.05, 0.1) is 18.1 Å². The molecule has 0 unspecified atom stereocenters. The maximum atomic E-state index is 13.1. The van der Waals surface area contributed by atoms with Gasteiger partial charge >= 0.3 is 0 Å². The van der Waals surface area contributed by atoms with Crippen LogP contribution in [0.3, 0.4) is 0 Å². The molecular formula is C26H21BrFNO4S. The zero-order valence-electron chi connectivity index (χ0n) is 18.3. The molecule has 0 radical (unpaired) electrons. The smallest absolute Gasteiger partial charge is 0.293 e. The van der Waals surface area contributed by atoms with Crippen molar-refractivity contribution in [3.05, 3.63) is 98.6 Å². The van der Waals surface area contributed by atoms with Gasteiger partial charge in [-0.05, 0) is 77.9 Å². The Morgan fingerprint density at radius 2 is 1.65 bits per heavy atom. The van der Waals surface area contributed by atoms with Crippen LogP contribution in [-0.2, 0) is 17.9 Å². The molecule has 0 saturated carbocycles. The molecule has 2 amide bonds. The molecule has 1 fully saturated rings.